The Hall–Kier alpha value is -1.56. The largest absolute Gasteiger partial charge is 0.481 e. The molecule has 1 aliphatic rings. The van der Waals surface area contributed by atoms with Crippen LogP contribution in [0.25, 0.3) is 0 Å². The first-order valence-electron chi connectivity index (χ1n) is 7.11. The number of aliphatic carboxylic acids is 1. The molecule has 120 valence electrons. The number of halogens is 1. The number of ether oxygens (including phenoxy) is 1. The summed E-state index contributed by atoms with van der Waals surface area (Å²) < 4.78 is 6.09. The van der Waals surface area contributed by atoms with Crippen LogP contribution in [0.15, 0.2) is 28.7 Å². The van der Waals surface area contributed by atoms with Crippen LogP contribution in [0, 0.1) is 0 Å². The number of alkyl carbamates (subject to hydrolysis) is 1. The zero-order chi connectivity index (χ0) is 16.5. The Kier molecular flexibility index (Phi) is 4.52. The molecule has 1 aliphatic carbocycles. The van der Waals surface area contributed by atoms with Crippen molar-refractivity contribution in [3.63, 3.8) is 0 Å². The highest BCUT2D eigenvalue weighted by Crippen LogP contribution is 2.44. The minimum atomic E-state index is -0.930. The Morgan fingerprint density at radius 2 is 1.82 bits per heavy atom. The number of benzene rings is 1. The van der Waals surface area contributed by atoms with Gasteiger partial charge in [-0.2, -0.15) is 0 Å². The van der Waals surface area contributed by atoms with Crippen molar-refractivity contribution in [1.82, 2.24) is 5.32 Å². The molecule has 1 amide bonds. The standard InChI is InChI=1S/C16H20BrNO4/c1-15(2,3)22-14(21)18-12-8-16(9-12,13(19)20)10-4-6-11(17)7-5-10/h4-7,12H,8-9H2,1-3H3,(H,18,21)(H,19,20). The highest BCUT2D eigenvalue weighted by Gasteiger charge is 2.52. The lowest BCUT2D eigenvalue weighted by atomic mass is 9.61. The summed E-state index contributed by atoms with van der Waals surface area (Å²) in [6, 6.07) is 7.09. The lowest BCUT2D eigenvalue weighted by Crippen LogP contribution is -2.57. The summed E-state index contributed by atoms with van der Waals surface area (Å²) in [6.45, 7) is 5.37. The van der Waals surface area contributed by atoms with E-state index in [9.17, 15) is 14.7 Å². The van der Waals surface area contributed by atoms with E-state index in [1.54, 1.807) is 20.8 Å². The summed E-state index contributed by atoms with van der Waals surface area (Å²) in [5.41, 5.74) is -0.741. The number of carboxylic acid groups (broad SMARTS) is 1. The predicted octanol–water partition coefficient (Wildman–Crippen LogP) is 3.46. The zero-order valence-electron chi connectivity index (χ0n) is 12.9. The molecule has 2 rings (SSSR count). The van der Waals surface area contributed by atoms with Crippen LogP contribution < -0.4 is 5.32 Å². The fraction of sp³-hybridized carbons (Fsp3) is 0.500. The third kappa shape index (κ3) is 3.61. The molecule has 0 atom stereocenters. The van der Waals surface area contributed by atoms with E-state index in [1.807, 2.05) is 24.3 Å². The second-order valence-electron chi connectivity index (χ2n) is 6.65. The molecule has 2 N–H and O–H groups in total. The molecule has 1 aromatic rings. The first kappa shape index (κ1) is 16.8. The topological polar surface area (TPSA) is 75.6 Å². The maximum Gasteiger partial charge on any atom is 0.407 e. The number of rotatable bonds is 3. The van der Waals surface area contributed by atoms with Gasteiger partial charge in [0.15, 0.2) is 0 Å². The van der Waals surface area contributed by atoms with Crippen molar-refractivity contribution in [2.24, 2.45) is 0 Å². The number of carbonyl (C=O) groups is 2. The molecule has 0 saturated heterocycles. The van der Waals surface area contributed by atoms with Crippen molar-refractivity contribution in [3.05, 3.63) is 34.3 Å². The predicted molar refractivity (Wildman–Crippen MR) is 85.8 cm³/mol. The minimum absolute atomic E-state index is 0.186. The normalized spacial score (nSPS) is 24.3. The average molecular weight is 370 g/mol. The Morgan fingerprint density at radius 3 is 2.27 bits per heavy atom. The molecule has 0 spiro atoms. The zero-order valence-corrected chi connectivity index (χ0v) is 14.4. The summed E-state index contributed by atoms with van der Waals surface area (Å²) in [5.74, 6) is -0.864. The van der Waals surface area contributed by atoms with Crippen molar-refractivity contribution in [2.45, 2.75) is 50.7 Å². The Bertz CT molecular complexity index is 571. The number of hydrogen-bond donors (Lipinski definition) is 2. The minimum Gasteiger partial charge on any atom is -0.481 e. The van der Waals surface area contributed by atoms with Gasteiger partial charge in [-0.1, -0.05) is 28.1 Å². The summed E-state index contributed by atoms with van der Waals surface area (Å²) >= 11 is 3.34. The molecule has 0 aromatic heterocycles. The van der Waals surface area contributed by atoms with Crippen LogP contribution in [-0.4, -0.2) is 28.8 Å². The van der Waals surface area contributed by atoms with E-state index in [2.05, 4.69) is 21.2 Å². The highest BCUT2D eigenvalue weighted by atomic mass is 79.9. The maximum absolute atomic E-state index is 11.7. The molecule has 5 nitrogen and oxygen atoms in total. The Morgan fingerprint density at radius 1 is 1.27 bits per heavy atom. The SMILES string of the molecule is CC(C)(C)OC(=O)NC1CC(C(=O)O)(c2ccc(Br)cc2)C1. The van der Waals surface area contributed by atoms with Gasteiger partial charge in [0.05, 0.1) is 5.41 Å². The summed E-state index contributed by atoms with van der Waals surface area (Å²) in [4.78, 5) is 23.4. The van der Waals surface area contributed by atoms with Crippen molar-refractivity contribution in [3.8, 4) is 0 Å². The molecule has 6 heteroatoms. The fourth-order valence-corrected chi connectivity index (χ4v) is 2.92. The quantitative estimate of drug-likeness (QED) is 0.855. The molecular formula is C16H20BrNO4. The number of carbonyl (C=O) groups excluding carboxylic acids is 1. The van der Waals surface area contributed by atoms with Gasteiger partial charge in [0.2, 0.25) is 0 Å². The summed E-state index contributed by atoms with van der Waals surface area (Å²) in [6.07, 6.45) is 0.221. The van der Waals surface area contributed by atoms with Crippen LogP contribution in [-0.2, 0) is 14.9 Å². The fourth-order valence-electron chi connectivity index (χ4n) is 2.66. The van der Waals surface area contributed by atoms with Gasteiger partial charge in [-0.15, -0.1) is 0 Å². The van der Waals surface area contributed by atoms with Crippen molar-refractivity contribution in [1.29, 1.82) is 0 Å². The van der Waals surface area contributed by atoms with Crippen LogP contribution in [0.3, 0.4) is 0 Å². The van der Waals surface area contributed by atoms with Gasteiger partial charge in [0.25, 0.3) is 0 Å². The van der Waals surface area contributed by atoms with Crippen LogP contribution in [0.5, 0.6) is 0 Å². The Balaban J connectivity index is 2.02. The molecule has 1 fully saturated rings. The van der Waals surface area contributed by atoms with Crippen molar-refractivity contribution >= 4 is 28.0 Å². The van der Waals surface area contributed by atoms with Gasteiger partial charge in [-0.25, -0.2) is 4.79 Å². The lowest BCUT2D eigenvalue weighted by Gasteiger charge is -2.45. The van der Waals surface area contributed by atoms with Crippen LogP contribution in [0.2, 0.25) is 0 Å². The summed E-state index contributed by atoms with van der Waals surface area (Å²) in [5, 5.41) is 12.3. The van der Waals surface area contributed by atoms with Gasteiger partial charge in [-0.3, -0.25) is 4.79 Å². The molecule has 0 aliphatic heterocycles. The van der Waals surface area contributed by atoms with E-state index in [1.165, 1.54) is 0 Å². The first-order valence-corrected chi connectivity index (χ1v) is 7.91. The highest BCUT2D eigenvalue weighted by molar-refractivity contribution is 9.10. The number of hydrogen-bond acceptors (Lipinski definition) is 3. The van der Waals surface area contributed by atoms with E-state index < -0.39 is 23.1 Å². The van der Waals surface area contributed by atoms with E-state index >= 15 is 0 Å². The number of nitrogens with one attached hydrogen (secondary N) is 1. The second kappa shape index (κ2) is 5.91. The molecule has 0 bridgehead atoms. The second-order valence-corrected chi connectivity index (χ2v) is 7.56. The molecule has 0 radical (unpaired) electrons. The molecule has 0 unspecified atom stereocenters. The molecule has 0 heterocycles. The van der Waals surface area contributed by atoms with Gasteiger partial charge in [-0.05, 0) is 51.3 Å². The monoisotopic (exact) mass is 369 g/mol. The third-order valence-corrected chi connectivity index (χ3v) is 4.25. The average Bonchev–Trinajstić information content (AvgIpc) is 2.31. The number of carboxylic acids is 1. The number of amides is 1. The molecular weight excluding hydrogens is 350 g/mol. The van der Waals surface area contributed by atoms with Gasteiger partial charge < -0.3 is 15.2 Å². The van der Waals surface area contributed by atoms with Crippen molar-refractivity contribution < 1.29 is 19.4 Å². The first-order chi connectivity index (χ1) is 10.1. The lowest BCUT2D eigenvalue weighted by molar-refractivity contribution is -0.148. The molecule has 1 saturated carbocycles. The van der Waals surface area contributed by atoms with Crippen LogP contribution >= 0.6 is 15.9 Å². The van der Waals surface area contributed by atoms with Crippen molar-refractivity contribution in [2.75, 3.05) is 0 Å². The smallest absolute Gasteiger partial charge is 0.407 e. The van der Waals surface area contributed by atoms with Crippen LogP contribution in [0.4, 0.5) is 4.79 Å². The maximum atomic E-state index is 11.7. The van der Waals surface area contributed by atoms with Crippen LogP contribution in [0.1, 0.15) is 39.2 Å². The van der Waals surface area contributed by atoms with E-state index in [4.69, 9.17) is 4.74 Å². The van der Waals surface area contributed by atoms with E-state index in [-0.39, 0.29) is 6.04 Å². The molecule has 1 aromatic carbocycles. The van der Waals surface area contributed by atoms with Gasteiger partial charge in [0.1, 0.15) is 5.60 Å². The van der Waals surface area contributed by atoms with E-state index in [0.29, 0.717) is 12.8 Å². The summed E-state index contributed by atoms with van der Waals surface area (Å²) in [7, 11) is 0. The van der Waals surface area contributed by atoms with E-state index in [0.717, 1.165) is 10.0 Å². The Labute approximate surface area is 138 Å². The van der Waals surface area contributed by atoms with Gasteiger partial charge >= 0.3 is 12.1 Å². The third-order valence-electron chi connectivity index (χ3n) is 3.72. The molecule has 22 heavy (non-hydrogen) atoms. The van der Waals surface area contributed by atoms with Gasteiger partial charge in [0, 0.05) is 10.5 Å².